The zero-order valence-corrected chi connectivity index (χ0v) is 18.4. The second-order valence-electron chi connectivity index (χ2n) is 8.14. The Hall–Kier alpha value is -4.05. The molecular weight excluding hydrogens is 408 g/mol. The molecule has 1 unspecified atom stereocenters. The maximum atomic E-state index is 13.6. The van der Waals surface area contributed by atoms with Gasteiger partial charge in [0.15, 0.2) is 0 Å². The lowest BCUT2D eigenvalue weighted by molar-refractivity contribution is 0.0683. The average molecular weight is 435 g/mol. The van der Waals surface area contributed by atoms with Gasteiger partial charge < -0.3 is 15.0 Å². The second kappa shape index (κ2) is 9.61. The summed E-state index contributed by atoms with van der Waals surface area (Å²) in [6, 6.07) is 36.1. The third-order valence-electron chi connectivity index (χ3n) is 5.96. The van der Waals surface area contributed by atoms with Crippen molar-refractivity contribution in [3.63, 3.8) is 0 Å². The minimum Gasteiger partial charge on any atom is -0.488 e. The molecule has 0 spiro atoms. The zero-order valence-electron chi connectivity index (χ0n) is 18.4. The van der Waals surface area contributed by atoms with Gasteiger partial charge in [-0.25, -0.2) is 0 Å². The fourth-order valence-corrected chi connectivity index (χ4v) is 4.24. The summed E-state index contributed by atoms with van der Waals surface area (Å²) in [4.78, 5) is 15.5. The van der Waals surface area contributed by atoms with Crippen molar-refractivity contribution in [3.8, 4) is 5.75 Å². The quantitative estimate of drug-likeness (QED) is 0.384. The fourth-order valence-electron chi connectivity index (χ4n) is 4.24. The number of hydrogen-bond acceptors (Lipinski definition) is 3. The summed E-state index contributed by atoms with van der Waals surface area (Å²) in [7, 11) is 0. The number of nitrogens with one attached hydrogen (secondary N) is 1. The number of nitrogens with zero attached hydrogens (tertiary/aromatic N) is 1. The molecule has 4 nitrogen and oxygen atoms in total. The van der Waals surface area contributed by atoms with E-state index < -0.39 is 0 Å². The number of fused-ring (bicyclic) bond motifs is 1. The van der Waals surface area contributed by atoms with Crippen LogP contribution < -0.4 is 10.1 Å². The average Bonchev–Trinajstić information content (AvgIpc) is 2.88. The van der Waals surface area contributed by atoms with Crippen molar-refractivity contribution in [2.24, 2.45) is 0 Å². The van der Waals surface area contributed by atoms with Crippen LogP contribution in [0.3, 0.4) is 0 Å². The van der Waals surface area contributed by atoms with E-state index in [0.717, 1.165) is 29.0 Å². The lowest BCUT2D eigenvalue weighted by Crippen LogP contribution is -2.44. The van der Waals surface area contributed by atoms with Gasteiger partial charge in [0.2, 0.25) is 0 Å². The first-order valence-corrected chi connectivity index (χ1v) is 11.3. The Labute approximate surface area is 194 Å². The standard InChI is InChI=1S/C29H26N2O2/c32-29-24-15-7-9-17-26(24)30-28(31(29)20-19-22-11-3-1-4-12-22)25-16-8-10-18-27(25)33-21-23-13-5-2-6-14-23/h1-18,28,30H,19-21H2. The van der Waals surface area contributed by atoms with Gasteiger partial charge in [0.25, 0.3) is 5.91 Å². The van der Waals surface area contributed by atoms with Gasteiger partial charge >= 0.3 is 0 Å². The van der Waals surface area contributed by atoms with E-state index in [0.29, 0.717) is 18.7 Å². The molecule has 0 saturated heterocycles. The van der Waals surface area contributed by atoms with E-state index in [2.05, 4.69) is 17.4 Å². The molecule has 5 rings (SSSR count). The molecule has 164 valence electrons. The van der Waals surface area contributed by atoms with Crippen molar-refractivity contribution in [2.75, 3.05) is 11.9 Å². The Kier molecular flexibility index (Phi) is 6.07. The van der Waals surface area contributed by atoms with Crippen LogP contribution in [-0.4, -0.2) is 17.4 Å². The van der Waals surface area contributed by atoms with Gasteiger partial charge in [0, 0.05) is 17.8 Å². The smallest absolute Gasteiger partial charge is 0.257 e. The van der Waals surface area contributed by atoms with Crippen molar-refractivity contribution in [1.82, 2.24) is 4.90 Å². The van der Waals surface area contributed by atoms with Gasteiger partial charge in [0.1, 0.15) is 18.5 Å². The van der Waals surface area contributed by atoms with Crippen LogP contribution in [0.15, 0.2) is 109 Å². The summed E-state index contributed by atoms with van der Waals surface area (Å²) >= 11 is 0. The molecule has 0 aliphatic carbocycles. The third-order valence-corrected chi connectivity index (χ3v) is 5.96. The second-order valence-corrected chi connectivity index (χ2v) is 8.14. The van der Waals surface area contributed by atoms with Gasteiger partial charge in [-0.3, -0.25) is 4.79 Å². The van der Waals surface area contributed by atoms with Crippen molar-refractivity contribution in [2.45, 2.75) is 19.2 Å². The van der Waals surface area contributed by atoms with Crippen LogP contribution in [-0.2, 0) is 13.0 Å². The summed E-state index contributed by atoms with van der Waals surface area (Å²) < 4.78 is 6.23. The van der Waals surface area contributed by atoms with Crippen molar-refractivity contribution >= 4 is 11.6 Å². The molecule has 1 heterocycles. The number of carbonyl (C=O) groups is 1. The number of benzene rings is 4. The molecule has 0 fully saturated rings. The lowest BCUT2D eigenvalue weighted by atomic mass is 10.0. The fraction of sp³-hybridized carbons (Fsp3) is 0.138. The number of rotatable bonds is 7. The highest BCUT2D eigenvalue weighted by molar-refractivity contribution is 6.01. The molecule has 4 aromatic rings. The Morgan fingerprint density at radius 2 is 1.36 bits per heavy atom. The maximum Gasteiger partial charge on any atom is 0.257 e. The SMILES string of the molecule is O=C1c2ccccc2NC(c2ccccc2OCc2ccccc2)N1CCc1ccccc1. The Bertz CT molecular complexity index is 1220. The minimum absolute atomic E-state index is 0.0307. The highest BCUT2D eigenvalue weighted by Gasteiger charge is 2.34. The van der Waals surface area contributed by atoms with Crippen LogP contribution in [0.25, 0.3) is 0 Å². The Balaban J connectivity index is 1.46. The molecule has 0 saturated carbocycles. The van der Waals surface area contributed by atoms with E-state index in [1.807, 2.05) is 102 Å². The summed E-state index contributed by atoms with van der Waals surface area (Å²) in [5.74, 6) is 0.805. The van der Waals surface area contributed by atoms with Crippen LogP contribution in [0, 0.1) is 0 Å². The van der Waals surface area contributed by atoms with Crippen LogP contribution in [0.4, 0.5) is 5.69 Å². The van der Waals surface area contributed by atoms with Gasteiger partial charge in [-0.1, -0.05) is 91.0 Å². The molecule has 33 heavy (non-hydrogen) atoms. The molecule has 1 amide bonds. The number of hydrogen-bond donors (Lipinski definition) is 1. The van der Waals surface area contributed by atoms with Crippen LogP contribution in [0.2, 0.25) is 0 Å². The Morgan fingerprint density at radius 1 is 0.727 bits per heavy atom. The monoisotopic (exact) mass is 434 g/mol. The predicted octanol–water partition coefficient (Wildman–Crippen LogP) is 6.07. The molecule has 1 aliphatic heterocycles. The minimum atomic E-state index is -0.317. The van der Waals surface area contributed by atoms with Gasteiger partial charge in [0.05, 0.1) is 5.56 Å². The summed E-state index contributed by atoms with van der Waals surface area (Å²) in [6.07, 6.45) is 0.461. The predicted molar refractivity (Wildman–Crippen MR) is 131 cm³/mol. The van der Waals surface area contributed by atoms with Crippen molar-refractivity contribution in [1.29, 1.82) is 0 Å². The molecule has 4 heteroatoms. The first kappa shape index (κ1) is 20.8. The number of carbonyl (C=O) groups excluding carboxylic acids is 1. The molecule has 0 aromatic heterocycles. The summed E-state index contributed by atoms with van der Waals surface area (Å²) in [5, 5.41) is 3.59. The molecule has 1 atom stereocenters. The van der Waals surface area contributed by atoms with Crippen molar-refractivity contribution < 1.29 is 9.53 Å². The molecule has 0 bridgehead atoms. The van der Waals surface area contributed by atoms with Gasteiger partial charge in [-0.15, -0.1) is 0 Å². The molecule has 1 N–H and O–H groups in total. The number of para-hydroxylation sites is 2. The number of amides is 1. The third kappa shape index (κ3) is 4.60. The van der Waals surface area contributed by atoms with E-state index in [-0.39, 0.29) is 12.1 Å². The zero-order chi connectivity index (χ0) is 22.5. The lowest BCUT2D eigenvalue weighted by Gasteiger charge is -2.38. The van der Waals surface area contributed by atoms with E-state index in [1.54, 1.807) is 0 Å². The van der Waals surface area contributed by atoms with Gasteiger partial charge in [-0.2, -0.15) is 0 Å². The number of ether oxygens (including phenoxy) is 1. The first-order chi connectivity index (χ1) is 16.3. The largest absolute Gasteiger partial charge is 0.488 e. The molecule has 4 aromatic carbocycles. The van der Waals surface area contributed by atoms with Crippen molar-refractivity contribution in [3.05, 3.63) is 131 Å². The number of anilines is 1. The maximum absolute atomic E-state index is 13.6. The van der Waals surface area contributed by atoms with Crippen LogP contribution >= 0.6 is 0 Å². The highest BCUT2D eigenvalue weighted by atomic mass is 16.5. The van der Waals surface area contributed by atoms with E-state index in [9.17, 15) is 4.79 Å². The summed E-state index contributed by atoms with van der Waals surface area (Å²) in [5.41, 5.74) is 4.80. The van der Waals surface area contributed by atoms with E-state index >= 15 is 0 Å². The Morgan fingerprint density at radius 3 is 2.15 bits per heavy atom. The summed E-state index contributed by atoms with van der Waals surface area (Å²) in [6.45, 7) is 1.07. The van der Waals surface area contributed by atoms with E-state index in [4.69, 9.17) is 4.74 Å². The topological polar surface area (TPSA) is 41.6 Å². The molecule has 1 aliphatic rings. The molecular formula is C29H26N2O2. The van der Waals surface area contributed by atoms with Crippen LogP contribution in [0.5, 0.6) is 5.75 Å². The molecule has 0 radical (unpaired) electrons. The van der Waals surface area contributed by atoms with Gasteiger partial charge in [-0.05, 0) is 35.7 Å². The highest BCUT2D eigenvalue weighted by Crippen LogP contribution is 2.37. The normalized spacial score (nSPS) is 15.0. The van der Waals surface area contributed by atoms with Crippen LogP contribution in [0.1, 0.15) is 33.2 Å². The van der Waals surface area contributed by atoms with E-state index in [1.165, 1.54) is 5.56 Å². The first-order valence-electron chi connectivity index (χ1n) is 11.3.